The molecule has 0 atom stereocenters. The number of hydrogen-bond acceptors (Lipinski definition) is 10. The molecular formula is C21H27ClN8O2. The van der Waals surface area contributed by atoms with Crippen LogP contribution in [0.25, 0.3) is 10.9 Å². The molecule has 32 heavy (non-hydrogen) atoms. The zero-order valence-electron chi connectivity index (χ0n) is 17.7. The van der Waals surface area contributed by atoms with E-state index in [1.165, 1.54) is 0 Å². The van der Waals surface area contributed by atoms with Gasteiger partial charge in [0.1, 0.15) is 0 Å². The molecular weight excluding hydrogens is 432 g/mol. The molecule has 4 N–H and O–H groups in total. The highest BCUT2D eigenvalue weighted by Crippen LogP contribution is 2.24. The van der Waals surface area contributed by atoms with Gasteiger partial charge in [0.05, 0.1) is 25.3 Å². The van der Waals surface area contributed by atoms with Gasteiger partial charge in [-0.15, -0.1) is 0 Å². The quantitative estimate of drug-likeness (QED) is 0.336. The van der Waals surface area contributed by atoms with E-state index in [0.29, 0.717) is 49.2 Å². The van der Waals surface area contributed by atoms with Crippen LogP contribution in [0.5, 0.6) is 0 Å². The third kappa shape index (κ3) is 5.84. The Morgan fingerprint density at radius 2 is 1.72 bits per heavy atom. The molecule has 0 bridgehead atoms. The van der Waals surface area contributed by atoms with Gasteiger partial charge in [0.25, 0.3) is 0 Å². The molecule has 0 aliphatic carbocycles. The maximum Gasteiger partial charge on any atom is 0.232 e. The van der Waals surface area contributed by atoms with Gasteiger partial charge in [0, 0.05) is 55.0 Å². The first-order valence-electron chi connectivity index (χ1n) is 10.7. The van der Waals surface area contributed by atoms with Gasteiger partial charge in [-0.25, -0.2) is 0 Å². The van der Waals surface area contributed by atoms with Crippen molar-refractivity contribution in [3.05, 3.63) is 35.5 Å². The van der Waals surface area contributed by atoms with E-state index in [-0.39, 0.29) is 6.61 Å². The van der Waals surface area contributed by atoms with Crippen LogP contribution in [0.3, 0.4) is 0 Å². The van der Waals surface area contributed by atoms with Crippen LogP contribution >= 0.6 is 11.6 Å². The first-order chi connectivity index (χ1) is 15.7. The molecule has 0 saturated carbocycles. The number of aliphatic hydroxyl groups is 1. The van der Waals surface area contributed by atoms with E-state index in [2.05, 4.69) is 40.8 Å². The van der Waals surface area contributed by atoms with E-state index < -0.39 is 0 Å². The van der Waals surface area contributed by atoms with E-state index in [0.717, 1.165) is 42.6 Å². The number of halogens is 1. The number of anilines is 4. The number of nitrogens with zero attached hydrogens (tertiary/aromatic N) is 5. The van der Waals surface area contributed by atoms with E-state index in [9.17, 15) is 0 Å². The van der Waals surface area contributed by atoms with Crippen molar-refractivity contribution in [2.45, 2.75) is 6.42 Å². The summed E-state index contributed by atoms with van der Waals surface area (Å²) < 4.78 is 5.41. The first kappa shape index (κ1) is 22.3. The third-order valence-electron chi connectivity index (χ3n) is 4.97. The van der Waals surface area contributed by atoms with Crippen molar-refractivity contribution in [1.29, 1.82) is 0 Å². The minimum Gasteiger partial charge on any atom is -0.395 e. The highest BCUT2D eigenvalue weighted by Gasteiger charge is 2.16. The molecule has 1 aliphatic heterocycles. The molecule has 0 amide bonds. The fourth-order valence-corrected chi connectivity index (χ4v) is 3.55. The molecule has 1 aliphatic rings. The summed E-state index contributed by atoms with van der Waals surface area (Å²) >= 11 is 6.06. The number of ether oxygens (including phenoxy) is 1. The molecule has 3 heterocycles. The Bertz CT molecular complexity index is 1030. The van der Waals surface area contributed by atoms with Crippen molar-refractivity contribution in [2.75, 3.05) is 73.4 Å². The summed E-state index contributed by atoms with van der Waals surface area (Å²) in [6, 6.07) is 7.67. The van der Waals surface area contributed by atoms with Crippen LogP contribution in [-0.4, -0.2) is 77.6 Å². The van der Waals surface area contributed by atoms with E-state index >= 15 is 0 Å². The molecule has 0 radical (unpaired) electrons. The second-order valence-electron chi connectivity index (χ2n) is 7.26. The normalized spacial score (nSPS) is 13.9. The van der Waals surface area contributed by atoms with Gasteiger partial charge in [-0.05, 0) is 30.7 Å². The number of aliphatic hydroxyl groups excluding tert-OH is 1. The lowest BCUT2D eigenvalue weighted by molar-refractivity contribution is 0.122. The molecule has 4 rings (SSSR count). The molecule has 11 heteroatoms. The molecule has 3 aromatic rings. The van der Waals surface area contributed by atoms with Gasteiger partial charge in [-0.3, -0.25) is 4.98 Å². The zero-order chi connectivity index (χ0) is 22.2. The molecule has 1 aromatic carbocycles. The van der Waals surface area contributed by atoms with Crippen LogP contribution in [0.1, 0.15) is 6.42 Å². The van der Waals surface area contributed by atoms with Crippen molar-refractivity contribution >= 4 is 46.0 Å². The number of rotatable bonds is 10. The van der Waals surface area contributed by atoms with E-state index in [1.807, 2.05) is 24.3 Å². The molecule has 2 aromatic heterocycles. The van der Waals surface area contributed by atoms with Crippen LogP contribution in [0.15, 0.2) is 30.5 Å². The monoisotopic (exact) mass is 458 g/mol. The zero-order valence-corrected chi connectivity index (χ0v) is 18.5. The molecule has 0 spiro atoms. The number of benzene rings is 1. The van der Waals surface area contributed by atoms with Gasteiger partial charge in [0.15, 0.2) is 0 Å². The summed E-state index contributed by atoms with van der Waals surface area (Å²) in [6.45, 7) is 4.60. The maximum absolute atomic E-state index is 9.10. The summed E-state index contributed by atoms with van der Waals surface area (Å²) in [4.78, 5) is 19.9. The molecule has 1 fully saturated rings. The van der Waals surface area contributed by atoms with E-state index in [1.54, 1.807) is 6.20 Å². The summed E-state index contributed by atoms with van der Waals surface area (Å²) in [5.74, 6) is 1.55. The lowest BCUT2D eigenvalue weighted by atomic mass is 10.2. The Kier molecular flexibility index (Phi) is 7.70. The number of fused-ring (bicyclic) bond motifs is 1. The van der Waals surface area contributed by atoms with Crippen LogP contribution in [0, 0.1) is 0 Å². The largest absolute Gasteiger partial charge is 0.395 e. The lowest BCUT2D eigenvalue weighted by Crippen LogP contribution is -2.37. The van der Waals surface area contributed by atoms with Crippen LogP contribution in [0.4, 0.5) is 23.5 Å². The summed E-state index contributed by atoms with van der Waals surface area (Å²) in [6.07, 6.45) is 2.63. The number of hydrogen-bond donors (Lipinski definition) is 4. The minimum atomic E-state index is 0.00287. The smallest absolute Gasteiger partial charge is 0.232 e. The standard InChI is InChI=1S/C21H27ClN8O2/c22-15-2-3-16-17(4-7-24-18(16)14-15)23-5-1-6-25-19-27-20(26-8-11-31)29-21(28-19)30-9-12-32-13-10-30/h2-4,7,14,31H,1,5-6,8-13H2,(H,23,24)(H2,25,26,27,28,29). The summed E-state index contributed by atoms with van der Waals surface area (Å²) in [5, 5.41) is 20.6. The van der Waals surface area contributed by atoms with Gasteiger partial charge in [0.2, 0.25) is 17.8 Å². The Morgan fingerprint density at radius 3 is 2.50 bits per heavy atom. The molecule has 170 valence electrons. The molecule has 10 nitrogen and oxygen atoms in total. The van der Waals surface area contributed by atoms with Crippen molar-refractivity contribution in [3.8, 4) is 0 Å². The highest BCUT2D eigenvalue weighted by molar-refractivity contribution is 6.31. The number of nitrogens with one attached hydrogen (secondary N) is 3. The predicted octanol–water partition coefficient (Wildman–Crippen LogP) is 2.23. The molecule has 0 unspecified atom stereocenters. The van der Waals surface area contributed by atoms with Crippen molar-refractivity contribution < 1.29 is 9.84 Å². The number of aromatic nitrogens is 4. The fourth-order valence-electron chi connectivity index (χ4n) is 3.38. The van der Waals surface area contributed by atoms with Crippen LogP contribution in [-0.2, 0) is 4.74 Å². The Hall–Kier alpha value is -2.95. The SMILES string of the molecule is OCCNc1nc(NCCCNc2ccnc3cc(Cl)ccc23)nc(N2CCOCC2)n1. The summed E-state index contributed by atoms with van der Waals surface area (Å²) in [5.41, 5.74) is 1.89. The van der Waals surface area contributed by atoms with Crippen LogP contribution in [0.2, 0.25) is 5.02 Å². The summed E-state index contributed by atoms with van der Waals surface area (Å²) in [7, 11) is 0. The maximum atomic E-state index is 9.10. The Morgan fingerprint density at radius 1 is 0.969 bits per heavy atom. The van der Waals surface area contributed by atoms with Crippen LogP contribution < -0.4 is 20.9 Å². The fraction of sp³-hybridized carbons (Fsp3) is 0.429. The highest BCUT2D eigenvalue weighted by atomic mass is 35.5. The van der Waals surface area contributed by atoms with Gasteiger partial charge in [-0.1, -0.05) is 11.6 Å². The van der Waals surface area contributed by atoms with Crippen molar-refractivity contribution in [2.24, 2.45) is 0 Å². The number of morpholine rings is 1. The predicted molar refractivity (Wildman–Crippen MR) is 127 cm³/mol. The average Bonchev–Trinajstić information content (AvgIpc) is 2.83. The lowest BCUT2D eigenvalue weighted by Gasteiger charge is -2.27. The Balaban J connectivity index is 1.34. The molecule has 1 saturated heterocycles. The first-order valence-corrected chi connectivity index (χ1v) is 11.1. The van der Waals surface area contributed by atoms with Crippen molar-refractivity contribution in [1.82, 2.24) is 19.9 Å². The topological polar surface area (TPSA) is 120 Å². The Labute approximate surface area is 191 Å². The van der Waals surface area contributed by atoms with Gasteiger partial charge >= 0.3 is 0 Å². The average molecular weight is 459 g/mol. The van der Waals surface area contributed by atoms with Crippen molar-refractivity contribution in [3.63, 3.8) is 0 Å². The second kappa shape index (κ2) is 11.1. The number of pyridine rings is 1. The minimum absolute atomic E-state index is 0.00287. The van der Waals surface area contributed by atoms with E-state index in [4.69, 9.17) is 21.4 Å². The van der Waals surface area contributed by atoms with Gasteiger partial charge < -0.3 is 30.7 Å². The third-order valence-corrected chi connectivity index (χ3v) is 5.20. The van der Waals surface area contributed by atoms with Gasteiger partial charge in [-0.2, -0.15) is 15.0 Å². The second-order valence-corrected chi connectivity index (χ2v) is 7.70.